The smallest absolute Gasteiger partial charge is 0.274 e. The maximum Gasteiger partial charge on any atom is 0.274 e. The number of rotatable bonds is 2. The molecule has 1 atom stereocenters. The number of hydrogen-bond acceptors (Lipinski definition) is 4. The van der Waals surface area contributed by atoms with Crippen LogP contribution < -0.4 is 0 Å². The summed E-state index contributed by atoms with van der Waals surface area (Å²) in [5, 5.41) is 7.42. The van der Waals surface area contributed by atoms with Gasteiger partial charge in [0, 0.05) is 42.2 Å². The average molecular weight is 325 g/mol. The maximum absolute atomic E-state index is 13.0. The molecule has 1 N–H and O–H groups in total. The fraction of sp³-hybridized carbons (Fsp3) is 0.556. The predicted octanol–water partition coefficient (Wildman–Crippen LogP) is 2.41. The molecule has 24 heavy (non-hydrogen) atoms. The van der Waals surface area contributed by atoms with Crippen LogP contribution in [0.5, 0.6) is 0 Å². The van der Waals surface area contributed by atoms with E-state index in [0.717, 1.165) is 68.0 Å². The molecule has 1 fully saturated rings. The summed E-state index contributed by atoms with van der Waals surface area (Å²) >= 11 is 0. The van der Waals surface area contributed by atoms with Crippen LogP contribution in [0.15, 0.2) is 12.3 Å². The lowest BCUT2D eigenvalue weighted by Crippen LogP contribution is -2.40. The number of aromatic amines is 1. The van der Waals surface area contributed by atoms with E-state index in [9.17, 15) is 4.79 Å². The highest BCUT2D eigenvalue weighted by Gasteiger charge is 2.30. The van der Waals surface area contributed by atoms with Crippen molar-refractivity contribution in [3.05, 3.63) is 40.7 Å². The first kappa shape index (κ1) is 15.3. The number of aryl methyl sites for hydroxylation is 2. The minimum Gasteiger partial charge on any atom is -0.337 e. The lowest BCUT2D eigenvalue weighted by molar-refractivity contribution is 0.0698. The first-order valence-corrected chi connectivity index (χ1v) is 8.87. The van der Waals surface area contributed by atoms with E-state index in [2.05, 4.69) is 20.2 Å². The van der Waals surface area contributed by atoms with E-state index < -0.39 is 0 Å². The van der Waals surface area contributed by atoms with Crippen LogP contribution in [-0.4, -0.2) is 44.1 Å². The highest BCUT2D eigenvalue weighted by atomic mass is 16.2. The van der Waals surface area contributed by atoms with Gasteiger partial charge in [0.25, 0.3) is 5.91 Å². The second-order valence-electron chi connectivity index (χ2n) is 6.86. The third kappa shape index (κ3) is 2.81. The van der Waals surface area contributed by atoms with E-state index in [4.69, 9.17) is 0 Å². The van der Waals surface area contributed by atoms with E-state index >= 15 is 0 Å². The lowest BCUT2D eigenvalue weighted by Gasteiger charge is -2.32. The monoisotopic (exact) mass is 325 g/mol. The molecule has 0 unspecified atom stereocenters. The van der Waals surface area contributed by atoms with Crippen LogP contribution >= 0.6 is 0 Å². The lowest BCUT2D eigenvalue weighted by atomic mass is 9.93. The Kier molecular flexibility index (Phi) is 4.04. The first-order chi connectivity index (χ1) is 11.7. The zero-order chi connectivity index (χ0) is 16.5. The number of nitrogens with one attached hydrogen (secondary N) is 1. The Morgan fingerprint density at radius 3 is 3.04 bits per heavy atom. The molecule has 2 aliphatic rings. The maximum atomic E-state index is 13.0. The molecular formula is C18H23N5O. The standard InChI is InChI=1S/C18H23N5O/c1-12-19-9-8-15(20-12)13-5-4-10-23(11-13)18(24)17-14-6-2-3-7-16(14)21-22-17/h8-9,13H,2-7,10-11H2,1H3,(H,21,22)/t13-/m1/s1. The SMILES string of the molecule is Cc1nccc([C@@H]2CCCN(C(=O)c3n[nH]c4c3CCCC4)C2)n1. The molecular weight excluding hydrogens is 302 g/mol. The minimum atomic E-state index is 0.0740. The van der Waals surface area contributed by atoms with Gasteiger partial charge in [0.2, 0.25) is 0 Å². The van der Waals surface area contributed by atoms with Crippen LogP contribution in [0.4, 0.5) is 0 Å². The molecule has 3 heterocycles. The number of carbonyl (C=O) groups is 1. The van der Waals surface area contributed by atoms with Crippen LogP contribution in [0.2, 0.25) is 0 Å². The fourth-order valence-electron chi connectivity index (χ4n) is 3.91. The van der Waals surface area contributed by atoms with Gasteiger partial charge in [-0.15, -0.1) is 0 Å². The molecule has 6 heteroatoms. The van der Waals surface area contributed by atoms with Crippen LogP contribution in [0, 0.1) is 6.92 Å². The molecule has 0 bridgehead atoms. The van der Waals surface area contributed by atoms with E-state index in [1.54, 1.807) is 0 Å². The van der Waals surface area contributed by atoms with E-state index in [1.165, 1.54) is 6.42 Å². The summed E-state index contributed by atoms with van der Waals surface area (Å²) in [7, 11) is 0. The van der Waals surface area contributed by atoms with Crippen molar-refractivity contribution in [3.8, 4) is 0 Å². The van der Waals surface area contributed by atoms with Gasteiger partial charge in [0.05, 0.1) is 0 Å². The number of carbonyl (C=O) groups excluding carboxylic acids is 1. The van der Waals surface area contributed by atoms with Crippen molar-refractivity contribution >= 4 is 5.91 Å². The third-order valence-electron chi connectivity index (χ3n) is 5.18. The summed E-state index contributed by atoms with van der Waals surface area (Å²) in [5.41, 5.74) is 3.99. The minimum absolute atomic E-state index is 0.0740. The molecule has 1 saturated heterocycles. The number of amides is 1. The summed E-state index contributed by atoms with van der Waals surface area (Å²) in [5.74, 6) is 1.15. The Bertz CT molecular complexity index is 754. The van der Waals surface area contributed by atoms with Crippen LogP contribution in [-0.2, 0) is 12.8 Å². The Balaban J connectivity index is 1.54. The van der Waals surface area contributed by atoms with E-state index in [1.807, 2.05) is 24.1 Å². The van der Waals surface area contributed by atoms with Crippen molar-refractivity contribution in [3.63, 3.8) is 0 Å². The van der Waals surface area contributed by atoms with Crippen molar-refractivity contribution in [2.75, 3.05) is 13.1 Å². The number of piperidine rings is 1. The predicted molar refractivity (Wildman–Crippen MR) is 89.9 cm³/mol. The van der Waals surface area contributed by atoms with E-state index in [-0.39, 0.29) is 5.91 Å². The Hall–Kier alpha value is -2.24. The van der Waals surface area contributed by atoms with Gasteiger partial charge in [-0.05, 0) is 51.5 Å². The summed E-state index contributed by atoms with van der Waals surface area (Å²) in [6, 6.07) is 1.97. The summed E-state index contributed by atoms with van der Waals surface area (Å²) < 4.78 is 0. The molecule has 1 aliphatic carbocycles. The van der Waals surface area contributed by atoms with Gasteiger partial charge in [-0.3, -0.25) is 9.89 Å². The van der Waals surface area contributed by atoms with Gasteiger partial charge in [-0.1, -0.05) is 0 Å². The quantitative estimate of drug-likeness (QED) is 0.920. The number of likely N-dealkylation sites (tertiary alicyclic amines) is 1. The van der Waals surface area contributed by atoms with Crippen molar-refractivity contribution in [1.29, 1.82) is 0 Å². The van der Waals surface area contributed by atoms with Crippen molar-refractivity contribution in [2.24, 2.45) is 0 Å². The normalized spacial score (nSPS) is 20.7. The van der Waals surface area contributed by atoms with Crippen LogP contribution in [0.25, 0.3) is 0 Å². The summed E-state index contributed by atoms with van der Waals surface area (Å²) in [6.07, 6.45) is 8.19. The summed E-state index contributed by atoms with van der Waals surface area (Å²) in [6.45, 7) is 3.43. The third-order valence-corrected chi connectivity index (χ3v) is 5.18. The van der Waals surface area contributed by atoms with Crippen molar-refractivity contribution in [2.45, 2.75) is 51.4 Å². The molecule has 0 spiro atoms. The molecule has 0 aromatic carbocycles. The van der Waals surface area contributed by atoms with Gasteiger partial charge >= 0.3 is 0 Å². The van der Waals surface area contributed by atoms with Gasteiger partial charge in [-0.2, -0.15) is 5.10 Å². The van der Waals surface area contributed by atoms with E-state index in [0.29, 0.717) is 11.6 Å². The zero-order valence-electron chi connectivity index (χ0n) is 14.1. The second-order valence-corrected chi connectivity index (χ2v) is 6.86. The number of nitrogens with zero attached hydrogens (tertiary/aromatic N) is 4. The highest BCUT2D eigenvalue weighted by Crippen LogP contribution is 2.28. The van der Waals surface area contributed by atoms with Crippen molar-refractivity contribution < 1.29 is 4.79 Å². The van der Waals surface area contributed by atoms with Crippen LogP contribution in [0.1, 0.15) is 64.9 Å². The van der Waals surface area contributed by atoms with Gasteiger partial charge < -0.3 is 4.90 Å². The second kappa shape index (κ2) is 6.34. The van der Waals surface area contributed by atoms with Crippen LogP contribution in [0.3, 0.4) is 0 Å². The summed E-state index contributed by atoms with van der Waals surface area (Å²) in [4.78, 5) is 23.7. The molecule has 0 saturated carbocycles. The van der Waals surface area contributed by atoms with Crippen molar-refractivity contribution in [1.82, 2.24) is 25.1 Å². The first-order valence-electron chi connectivity index (χ1n) is 8.87. The highest BCUT2D eigenvalue weighted by molar-refractivity contribution is 5.94. The zero-order valence-corrected chi connectivity index (χ0v) is 14.1. The topological polar surface area (TPSA) is 74.8 Å². The number of aromatic nitrogens is 4. The average Bonchev–Trinajstić information content (AvgIpc) is 3.05. The largest absolute Gasteiger partial charge is 0.337 e. The molecule has 0 radical (unpaired) electrons. The van der Waals surface area contributed by atoms with Gasteiger partial charge in [0.15, 0.2) is 5.69 Å². The number of hydrogen-bond donors (Lipinski definition) is 1. The molecule has 4 rings (SSSR count). The number of fused-ring (bicyclic) bond motifs is 1. The fourth-order valence-corrected chi connectivity index (χ4v) is 3.91. The molecule has 2 aromatic heterocycles. The molecule has 2 aromatic rings. The molecule has 1 aliphatic heterocycles. The molecule has 126 valence electrons. The van der Waals surface area contributed by atoms with Gasteiger partial charge in [0.1, 0.15) is 5.82 Å². The molecule has 6 nitrogen and oxygen atoms in total. The Morgan fingerprint density at radius 2 is 2.17 bits per heavy atom. The van der Waals surface area contributed by atoms with Gasteiger partial charge in [-0.25, -0.2) is 9.97 Å². The Labute approximate surface area is 141 Å². The Morgan fingerprint density at radius 1 is 1.29 bits per heavy atom. The number of H-pyrrole nitrogens is 1. The molecule has 1 amide bonds.